The zero-order chi connectivity index (χ0) is 16.4. The molecule has 1 aromatic rings. The number of carbonyl (C=O) groups excluding carboxylic acids is 1. The molecule has 0 atom stereocenters. The Labute approximate surface area is 132 Å². The average molecular weight is 335 g/mol. The number of aliphatic hydroxyl groups is 1. The number of hydrogen-bond acceptors (Lipinski definition) is 4. The van der Waals surface area contributed by atoms with Gasteiger partial charge in [-0.05, 0) is 18.2 Å². The number of nitrogens with one attached hydrogen (secondary N) is 1. The minimum absolute atomic E-state index is 0.0972. The van der Waals surface area contributed by atoms with Crippen molar-refractivity contribution in [1.82, 2.24) is 0 Å². The van der Waals surface area contributed by atoms with Crippen LogP contribution < -0.4 is 11.1 Å². The first-order valence-corrected chi connectivity index (χ1v) is 6.53. The maximum atomic E-state index is 11.4. The first-order chi connectivity index (χ1) is 9.79. The summed E-state index contributed by atoms with van der Waals surface area (Å²) >= 11 is 11.5. The summed E-state index contributed by atoms with van der Waals surface area (Å²) in [7, 11) is 0. The monoisotopic (exact) mass is 334 g/mol. The largest absolute Gasteiger partial charge is 0.478 e. The van der Waals surface area contributed by atoms with Crippen molar-refractivity contribution in [3.63, 3.8) is 0 Å². The number of nitrogens with two attached hydrogens (primary N) is 1. The lowest BCUT2D eigenvalue weighted by atomic mass is 10.2. The van der Waals surface area contributed by atoms with Crippen molar-refractivity contribution in [3.05, 3.63) is 40.4 Å². The van der Waals surface area contributed by atoms with Crippen LogP contribution in [0.3, 0.4) is 0 Å². The number of carbonyl (C=O) groups is 2. The topological polar surface area (TPSA) is 113 Å². The van der Waals surface area contributed by atoms with Crippen LogP contribution in [-0.2, 0) is 9.59 Å². The molecular formula is C13H16Cl2N2O4. The number of carboxylic acid groups (broad SMARTS) is 1. The average Bonchev–Trinajstić information content (AvgIpc) is 2.37. The number of halogens is 2. The predicted octanol–water partition coefficient (Wildman–Crippen LogP) is 1.90. The number of aliphatic carboxylic acids is 1. The Morgan fingerprint density at radius 3 is 2.10 bits per heavy atom. The van der Waals surface area contributed by atoms with Crippen molar-refractivity contribution < 1.29 is 19.8 Å². The SMILES string of the molecule is C=C(CC(=O)Nc1cc(Cl)cc(Cl)c1)C(=O)O.NCCO. The lowest BCUT2D eigenvalue weighted by molar-refractivity contribution is -0.133. The minimum atomic E-state index is -1.20. The zero-order valence-corrected chi connectivity index (χ0v) is 12.6. The second-order valence-electron chi connectivity index (χ2n) is 3.80. The van der Waals surface area contributed by atoms with Gasteiger partial charge in [0.05, 0.1) is 13.0 Å². The van der Waals surface area contributed by atoms with Crippen LogP contribution in [0.15, 0.2) is 30.4 Å². The van der Waals surface area contributed by atoms with Crippen molar-refractivity contribution in [2.45, 2.75) is 6.42 Å². The molecule has 0 aliphatic heterocycles. The van der Waals surface area contributed by atoms with E-state index in [4.69, 9.17) is 39.1 Å². The first kappa shape index (κ1) is 19.4. The summed E-state index contributed by atoms with van der Waals surface area (Å²) in [5.41, 5.74) is 5.00. The Hall–Kier alpha value is -1.60. The number of benzene rings is 1. The van der Waals surface area contributed by atoms with Gasteiger partial charge in [-0.3, -0.25) is 4.79 Å². The molecule has 116 valence electrons. The normalized spacial score (nSPS) is 9.33. The summed E-state index contributed by atoms with van der Waals surface area (Å²) < 4.78 is 0. The van der Waals surface area contributed by atoms with E-state index in [0.717, 1.165) is 0 Å². The second-order valence-corrected chi connectivity index (χ2v) is 4.68. The highest BCUT2D eigenvalue weighted by Gasteiger charge is 2.10. The molecule has 0 radical (unpaired) electrons. The van der Waals surface area contributed by atoms with E-state index in [1.807, 2.05) is 0 Å². The fourth-order valence-corrected chi connectivity index (χ4v) is 1.63. The molecule has 5 N–H and O–H groups in total. The van der Waals surface area contributed by atoms with Crippen LogP contribution >= 0.6 is 23.2 Å². The lowest BCUT2D eigenvalue weighted by Crippen LogP contribution is -2.14. The molecule has 1 amide bonds. The van der Waals surface area contributed by atoms with Gasteiger partial charge >= 0.3 is 5.97 Å². The van der Waals surface area contributed by atoms with E-state index in [0.29, 0.717) is 22.3 Å². The number of anilines is 1. The van der Waals surface area contributed by atoms with Gasteiger partial charge in [0.15, 0.2) is 0 Å². The molecule has 1 rings (SSSR count). The Kier molecular flexibility index (Phi) is 9.40. The lowest BCUT2D eigenvalue weighted by Gasteiger charge is -2.06. The van der Waals surface area contributed by atoms with Crippen molar-refractivity contribution in [2.75, 3.05) is 18.5 Å². The van der Waals surface area contributed by atoms with Gasteiger partial charge in [-0.15, -0.1) is 0 Å². The molecule has 0 spiro atoms. The van der Waals surface area contributed by atoms with Crippen molar-refractivity contribution in [3.8, 4) is 0 Å². The third kappa shape index (κ3) is 9.04. The fraction of sp³-hybridized carbons (Fsp3) is 0.231. The number of carboxylic acids is 1. The number of amides is 1. The summed E-state index contributed by atoms with van der Waals surface area (Å²) in [6.07, 6.45) is -0.292. The molecule has 21 heavy (non-hydrogen) atoms. The van der Waals surface area contributed by atoms with E-state index in [1.54, 1.807) is 0 Å². The molecule has 0 heterocycles. The van der Waals surface area contributed by atoms with E-state index in [9.17, 15) is 9.59 Å². The minimum Gasteiger partial charge on any atom is -0.478 e. The van der Waals surface area contributed by atoms with Crippen LogP contribution in [0.25, 0.3) is 0 Å². The summed E-state index contributed by atoms with van der Waals surface area (Å²) in [5.74, 6) is -1.69. The molecule has 0 unspecified atom stereocenters. The molecule has 0 aromatic heterocycles. The predicted molar refractivity (Wildman–Crippen MR) is 82.6 cm³/mol. The van der Waals surface area contributed by atoms with E-state index in [-0.39, 0.29) is 18.6 Å². The Morgan fingerprint density at radius 2 is 1.71 bits per heavy atom. The van der Waals surface area contributed by atoms with Crippen molar-refractivity contribution in [2.24, 2.45) is 5.73 Å². The van der Waals surface area contributed by atoms with Gasteiger partial charge < -0.3 is 21.3 Å². The maximum absolute atomic E-state index is 11.4. The molecule has 0 bridgehead atoms. The number of hydrogen-bond donors (Lipinski definition) is 4. The standard InChI is InChI=1S/C11H9Cl2NO3.C2H7NO/c1-6(11(16)17)2-10(15)14-9-4-7(12)3-8(13)5-9;3-1-2-4/h3-5H,1-2H2,(H,14,15)(H,16,17);4H,1-3H2. The van der Waals surface area contributed by atoms with Gasteiger partial charge in [-0.25, -0.2) is 4.79 Å². The Morgan fingerprint density at radius 1 is 1.24 bits per heavy atom. The fourth-order valence-electron chi connectivity index (χ4n) is 1.10. The van der Waals surface area contributed by atoms with Gasteiger partial charge in [0.2, 0.25) is 5.91 Å². The highest BCUT2D eigenvalue weighted by Crippen LogP contribution is 2.22. The quantitative estimate of drug-likeness (QED) is 0.614. The van der Waals surface area contributed by atoms with Gasteiger partial charge in [-0.1, -0.05) is 29.8 Å². The van der Waals surface area contributed by atoms with Gasteiger partial charge in [-0.2, -0.15) is 0 Å². The zero-order valence-electron chi connectivity index (χ0n) is 11.1. The summed E-state index contributed by atoms with van der Waals surface area (Å²) in [4.78, 5) is 21.9. The van der Waals surface area contributed by atoms with Gasteiger partial charge in [0.25, 0.3) is 0 Å². The maximum Gasteiger partial charge on any atom is 0.331 e. The van der Waals surface area contributed by atoms with Crippen molar-refractivity contribution >= 4 is 40.8 Å². The van der Waals surface area contributed by atoms with Gasteiger partial charge in [0, 0.05) is 27.9 Å². The van der Waals surface area contributed by atoms with E-state index >= 15 is 0 Å². The van der Waals surface area contributed by atoms with Crippen LogP contribution in [0.4, 0.5) is 5.69 Å². The molecule has 6 nitrogen and oxygen atoms in total. The van der Waals surface area contributed by atoms with Crippen LogP contribution in [0.2, 0.25) is 10.0 Å². The third-order valence-electron chi connectivity index (χ3n) is 1.95. The highest BCUT2D eigenvalue weighted by molar-refractivity contribution is 6.35. The van der Waals surface area contributed by atoms with Gasteiger partial charge in [0.1, 0.15) is 0 Å². The summed E-state index contributed by atoms with van der Waals surface area (Å²) in [5, 5.41) is 19.5. The molecule has 0 aliphatic rings. The highest BCUT2D eigenvalue weighted by atomic mass is 35.5. The van der Waals surface area contributed by atoms with Crippen LogP contribution in [0.5, 0.6) is 0 Å². The van der Waals surface area contributed by atoms with E-state index in [2.05, 4.69) is 11.9 Å². The molecule has 0 saturated heterocycles. The number of rotatable bonds is 5. The molecule has 0 fully saturated rings. The summed E-state index contributed by atoms with van der Waals surface area (Å²) in [6.45, 7) is 3.73. The third-order valence-corrected chi connectivity index (χ3v) is 2.39. The van der Waals surface area contributed by atoms with E-state index in [1.165, 1.54) is 18.2 Å². The molecule has 1 aromatic carbocycles. The second kappa shape index (κ2) is 10.2. The summed E-state index contributed by atoms with van der Waals surface area (Å²) in [6, 6.07) is 4.54. The smallest absolute Gasteiger partial charge is 0.331 e. The molecule has 8 heteroatoms. The Bertz CT molecular complexity index is 499. The number of aliphatic hydroxyl groups excluding tert-OH is 1. The molecule has 0 aliphatic carbocycles. The van der Waals surface area contributed by atoms with E-state index < -0.39 is 11.9 Å². The van der Waals surface area contributed by atoms with Crippen molar-refractivity contribution in [1.29, 1.82) is 0 Å². The van der Waals surface area contributed by atoms with Crippen LogP contribution in [0, 0.1) is 0 Å². The first-order valence-electron chi connectivity index (χ1n) is 5.78. The molecule has 0 saturated carbocycles. The Balaban J connectivity index is 0.000000885. The van der Waals surface area contributed by atoms with Crippen LogP contribution in [-0.4, -0.2) is 35.2 Å². The van der Waals surface area contributed by atoms with Crippen LogP contribution in [0.1, 0.15) is 6.42 Å². The molecular weight excluding hydrogens is 319 g/mol.